The van der Waals surface area contributed by atoms with Crippen molar-refractivity contribution in [3.63, 3.8) is 0 Å². The normalized spacial score (nSPS) is 11.7. The zero-order valence-corrected chi connectivity index (χ0v) is 14.4. The van der Waals surface area contributed by atoms with Gasteiger partial charge in [-0.1, -0.05) is 11.6 Å². The highest BCUT2D eigenvalue weighted by molar-refractivity contribution is 7.89. The Morgan fingerprint density at radius 1 is 1.41 bits per heavy atom. The summed E-state index contributed by atoms with van der Waals surface area (Å²) in [5, 5.41) is 9.15. The van der Waals surface area contributed by atoms with Gasteiger partial charge in [-0.2, -0.15) is 0 Å². The van der Waals surface area contributed by atoms with Crippen molar-refractivity contribution in [3.05, 3.63) is 28.8 Å². The first-order valence-corrected chi connectivity index (χ1v) is 8.81. The van der Waals surface area contributed by atoms with Gasteiger partial charge in [0.25, 0.3) is 5.91 Å². The molecule has 124 valence electrons. The molecule has 0 fully saturated rings. The van der Waals surface area contributed by atoms with Crippen molar-refractivity contribution in [1.82, 2.24) is 9.62 Å². The van der Waals surface area contributed by atoms with Gasteiger partial charge in [-0.15, -0.1) is 0 Å². The molecule has 0 aliphatic heterocycles. The Labute approximate surface area is 136 Å². The second kappa shape index (κ2) is 7.92. The number of hydrogen-bond acceptors (Lipinski definition) is 4. The highest BCUT2D eigenvalue weighted by Crippen LogP contribution is 2.22. The van der Waals surface area contributed by atoms with Gasteiger partial charge in [0, 0.05) is 19.1 Å². The lowest BCUT2D eigenvalue weighted by Gasteiger charge is -2.20. The van der Waals surface area contributed by atoms with E-state index >= 15 is 0 Å². The zero-order valence-electron chi connectivity index (χ0n) is 12.8. The number of halogens is 1. The number of nitrogens with zero attached hydrogens (tertiary/aromatic N) is 1. The lowest BCUT2D eigenvalue weighted by atomic mass is 10.2. The Morgan fingerprint density at radius 3 is 2.55 bits per heavy atom. The topological polar surface area (TPSA) is 86.7 Å². The van der Waals surface area contributed by atoms with E-state index < -0.39 is 15.9 Å². The van der Waals surface area contributed by atoms with Crippen LogP contribution in [-0.4, -0.2) is 50.1 Å². The molecule has 0 heterocycles. The number of hydrogen-bond donors (Lipinski definition) is 2. The first-order valence-electron chi connectivity index (χ1n) is 6.95. The molecule has 0 atom stereocenters. The molecule has 2 N–H and O–H groups in total. The quantitative estimate of drug-likeness (QED) is 0.781. The number of nitrogens with one attached hydrogen (secondary N) is 1. The molecule has 0 bridgehead atoms. The van der Waals surface area contributed by atoms with E-state index in [1.54, 1.807) is 20.8 Å². The van der Waals surface area contributed by atoms with E-state index in [0.717, 1.165) is 0 Å². The number of carbonyl (C=O) groups excluding carboxylic acids is 1. The van der Waals surface area contributed by atoms with Crippen LogP contribution in [0.1, 0.15) is 31.1 Å². The van der Waals surface area contributed by atoms with Gasteiger partial charge < -0.3 is 10.0 Å². The molecular weight excluding hydrogens is 328 g/mol. The molecule has 6 nitrogen and oxygen atoms in total. The number of carbonyl (C=O) groups is 1. The maximum absolute atomic E-state index is 12.4. The van der Waals surface area contributed by atoms with Crippen molar-refractivity contribution >= 4 is 27.5 Å². The molecule has 0 radical (unpaired) electrons. The maximum atomic E-state index is 12.4. The van der Waals surface area contributed by atoms with Crippen LogP contribution in [0, 0.1) is 0 Å². The summed E-state index contributed by atoms with van der Waals surface area (Å²) in [6.45, 7) is 5.55. The Kier molecular flexibility index (Phi) is 6.80. The monoisotopic (exact) mass is 348 g/mol. The van der Waals surface area contributed by atoms with Crippen molar-refractivity contribution in [1.29, 1.82) is 0 Å². The van der Waals surface area contributed by atoms with Crippen molar-refractivity contribution < 1.29 is 18.3 Å². The molecule has 1 aromatic carbocycles. The summed E-state index contributed by atoms with van der Waals surface area (Å²) < 4.78 is 26.8. The summed E-state index contributed by atoms with van der Waals surface area (Å²) in [7, 11) is -3.71. The third kappa shape index (κ3) is 4.67. The van der Waals surface area contributed by atoms with E-state index in [2.05, 4.69) is 4.72 Å². The molecular formula is C14H21ClN2O4S. The van der Waals surface area contributed by atoms with Crippen LogP contribution in [-0.2, 0) is 10.0 Å². The number of amides is 1. The van der Waals surface area contributed by atoms with Gasteiger partial charge in [-0.25, -0.2) is 13.1 Å². The third-order valence-electron chi connectivity index (χ3n) is 2.91. The zero-order chi connectivity index (χ0) is 16.9. The van der Waals surface area contributed by atoms with Crippen LogP contribution in [0.3, 0.4) is 0 Å². The molecule has 0 unspecified atom stereocenters. The Balaban J connectivity index is 3.22. The smallest absolute Gasteiger partial charge is 0.255 e. The Bertz CT molecular complexity index is 632. The van der Waals surface area contributed by atoms with E-state index in [0.29, 0.717) is 6.54 Å². The van der Waals surface area contributed by atoms with E-state index in [9.17, 15) is 13.2 Å². The summed E-state index contributed by atoms with van der Waals surface area (Å²) in [6.07, 6.45) is 0. The van der Waals surface area contributed by atoms with E-state index in [-0.39, 0.29) is 34.7 Å². The minimum Gasteiger partial charge on any atom is -0.395 e. The Hall–Kier alpha value is -1.15. The summed E-state index contributed by atoms with van der Waals surface area (Å²) in [5.74, 6) is -0.414. The molecule has 0 saturated carbocycles. The summed E-state index contributed by atoms with van der Waals surface area (Å²) in [4.78, 5) is 13.8. The van der Waals surface area contributed by atoms with Crippen LogP contribution in [0.25, 0.3) is 0 Å². The number of sulfonamides is 1. The van der Waals surface area contributed by atoms with Crippen molar-refractivity contribution in [3.8, 4) is 0 Å². The minimum absolute atomic E-state index is 0.0194. The number of aliphatic hydroxyl groups is 1. The van der Waals surface area contributed by atoms with Crippen LogP contribution < -0.4 is 4.72 Å². The largest absolute Gasteiger partial charge is 0.395 e. The van der Waals surface area contributed by atoms with Crippen LogP contribution in [0.15, 0.2) is 23.1 Å². The van der Waals surface area contributed by atoms with Crippen molar-refractivity contribution in [2.45, 2.75) is 31.7 Å². The summed E-state index contributed by atoms with van der Waals surface area (Å²) >= 11 is 6.02. The Morgan fingerprint density at radius 2 is 2.05 bits per heavy atom. The second-order valence-corrected chi connectivity index (χ2v) is 7.15. The van der Waals surface area contributed by atoms with Gasteiger partial charge in [-0.3, -0.25) is 4.79 Å². The summed E-state index contributed by atoms with van der Waals surface area (Å²) in [5.41, 5.74) is 0.101. The molecule has 0 saturated heterocycles. The van der Waals surface area contributed by atoms with Crippen LogP contribution >= 0.6 is 11.6 Å². The van der Waals surface area contributed by atoms with Crippen molar-refractivity contribution in [2.75, 3.05) is 19.7 Å². The van der Waals surface area contributed by atoms with Crippen LogP contribution in [0.5, 0.6) is 0 Å². The van der Waals surface area contributed by atoms with Gasteiger partial charge >= 0.3 is 0 Å². The fraction of sp³-hybridized carbons (Fsp3) is 0.500. The SMILES string of the molecule is CCN(CCO)C(=O)c1cc(S(=O)(=O)NC(C)C)ccc1Cl. The van der Waals surface area contributed by atoms with E-state index in [1.165, 1.54) is 23.1 Å². The highest BCUT2D eigenvalue weighted by Gasteiger charge is 2.22. The average molecular weight is 349 g/mol. The number of rotatable bonds is 7. The van der Waals surface area contributed by atoms with E-state index in [4.69, 9.17) is 16.7 Å². The predicted molar refractivity (Wildman–Crippen MR) is 85.6 cm³/mol. The first kappa shape index (κ1) is 18.9. The highest BCUT2D eigenvalue weighted by atomic mass is 35.5. The van der Waals surface area contributed by atoms with Gasteiger partial charge in [0.1, 0.15) is 0 Å². The fourth-order valence-electron chi connectivity index (χ4n) is 1.91. The molecule has 0 aromatic heterocycles. The fourth-order valence-corrected chi connectivity index (χ4v) is 3.38. The molecule has 8 heteroatoms. The molecule has 0 spiro atoms. The van der Waals surface area contributed by atoms with Gasteiger partial charge in [0.2, 0.25) is 10.0 Å². The molecule has 1 aromatic rings. The van der Waals surface area contributed by atoms with E-state index in [1.807, 2.05) is 0 Å². The molecule has 0 aliphatic rings. The predicted octanol–water partition coefficient (Wildman–Crippen LogP) is 1.48. The molecule has 22 heavy (non-hydrogen) atoms. The minimum atomic E-state index is -3.71. The lowest BCUT2D eigenvalue weighted by Crippen LogP contribution is -2.34. The standard InChI is InChI=1S/C14H21ClN2O4S/c1-4-17(7-8-18)14(19)12-9-11(5-6-13(12)15)22(20,21)16-10(2)3/h5-6,9-10,16,18H,4,7-8H2,1-3H3. The molecule has 1 amide bonds. The van der Waals surface area contributed by atoms with Crippen LogP contribution in [0.2, 0.25) is 5.02 Å². The maximum Gasteiger partial charge on any atom is 0.255 e. The van der Waals surface area contributed by atoms with Gasteiger partial charge in [-0.05, 0) is 39.0 Å². The second-order valence-electron chi connectivity index (χ2n) is 5.03. The molecule has 0 aliphatic carbocycles. The lowest BCUT2D eigenvalue weighted by molar-refractivity contribution is 0.0732. The van der Waals surface area contributed by atoms with Crippen molar-refractivity contribution in [2.24, 2.45) is 0 Å². The number of aliphatic hydroxyl groups excluding tert-OH is 1. The number of benzene rings is 1. The number of likely N-dealkylation sites (N-methyl/N-ethyl adjacent to an activating group) is 1. The summed E-state index contributed by atoms with van der Waals surface area (Å²) in [6, 6.07) is 3.74. The van der Waals surface area contributed by atoms with Gasteiger partial charge in [0.05, 0.1) is 22.1 Å². The first-order chi connectivity index (χ1) is 10.2. The third-order valence-corrected chi connectivity index (χ3v) is 4.89. The van der Waals surface area contributed by atoms with Crippen LogP contribution in [0.4, 0.5) is 0 Å². The molecule has 1 rings (SSSR count). The average Bonchev–Trinajstić information content (AvgIpc) is 2.43. The van der Waals surface area contributed by atoms with Gasteiger partial charge in [0.15, 0.2) is 0 Å².